The van der Waals surface area contributed by atoms with Crippen molar-refractivity contribution in [3.8, 4) is 0 Å². The highest BCUT2D eigenvalue weighted by atomic mass is 79.9. The van der Waals surface area contributed by atoms with Crippen molar-refractivity contribution in [3.05, 3.63) is 112 Å². The Morgan fingerprint density at radius 2 is 1.56 bits per heavy atom. The van der Waals surface area contributed by atoms with Gasteiger partial charge in [0.25, 0.3) is 11.8 Å². The van der Waals surface area contributed by atoms with Crippen molar-refractivity contribution in [3.63, 3.8) is 0 Å². The molecule has 3 N–H and O–H groups in total. The number of halogens is 1. The molecule has 0 saturated heterocycles. The van der Waals surface area contributed by atoms with E-state index in [2.05, 4.69) is 26.6 Å². The first kappa shape index (κ1) is 23.0. The Hall–Kier alpha value is -3.71. The summed E-state index contributed by atoms with van der Waals surface area (Å²) in [6.45, 7) is 0. The highest BCUT2D eigenvalue weighted by Crippen LogP contribution is 2.13. The average molecular weight is 493 g/mol. The molecular formula is C25H21BrN2O4. The molecule has 3 aromatic rings. The lowest BCUT2D eigenvalue weighted by Gasteiger charge is -2.17. The average Bonchev–Trinajstić information content (AvgIpc) is 2.79. The number of nitrogens with one attached hydrogen (secondary N) is 2. The maximum atomic E-state index is 13.0. The van der Waals surface area contributed by atoms with Crippen LogP contribution in [0.25, 0.3) is 6.08 Å². The molecular weight excluding hydrogens is 472 g/mol. The summed E-state index contributed by atoms with van der Waals surface area (Å²) in [5, 5.41) is 14.8. The minimum absolute atomic E-state index is 0.0551. The van der Waals surface area contributed by atoms with Crippen LogP contribution < -0.4 is 10.6 Å². The summed E-state index contributed by atoms with van der Waals surface area (Å²) in [7, 11) is 0. The maximum Gasteiger partial charge on any atom is 0.326 e. The molecule has 0 aromatic heterocycles. The van der Waals surface area contributed by atoms with Gasteiger partial charge in [0, 0.05) is 16.5 Å². The predicted octanol–water partition coefficient (Wildman–Crippen LogP) is 4.03. The Bertz CT molecular complexity index is 1130. The van der Waals surface area contributed by atoms with Crippen LogP contribution in [0.1, 0.15) is 21.5 Å². The molecule has 2 amide bonds. The van der Waals surface area contributed by atoms with Crippen molar-refractivity contribution in [2.75, 3.05) is 0 Å². The van der Waals surface area contributed by atoms with E-state index in [0.29, 0.717) is 11.1 Å². The van der Waals surface area contributed by atoms with Crippen molar-refractivity contribution in [1.29, 1.82) is 0 Å². The normalized spacial score (nSPS) is 12.0. The number of aliphatic carboxylic acids is 1. The zero-order valence-electron chi connectivity index (χ0n) is 17.0. The minimum Gasteiger partial charge on any atom is -0.480 e. The lowest BCUT2D eigenvalue weighted by Crippen LogP contribution is -2.45. The minimum atomic E-state index is -1.17. The lowest BCUT2D eigenvalue weighted by molar-refractivity contribution is -0.141. The van der Waals surface area contributed by atoms with Crippen LogP contribution in [0.4, 0.5) is 0 Å². The maximum absolute atomic E-state index is 13.0. The van der Waals surface area contributed by atoms with Crippen LogP contribution in [0.2, 0.25) is 0 Å². The molecule has 0 spiro atoms. The summed E-state index contributed by atoms with van der Waals surface area (Å²) in [5.74, 6) is -2.35. The van der Waals surface area contributed by atoms with Gasteiger partial charge in [-0.15, -0.1) is 0 Å². The van der Waals surface area contributed by atoms with Gasteiger partial charge in [-0.3, -0.25) is 9.59 Å². The first-order chi connectivity index (χ1) is 15.4. The van der Waals surface area contributed by atoms with Gasteiger partial charge in [-0.05, 0) is 35.4 Å². The highest BCUT2D eigenvalue weighted by Gasteiger charge is 2.23. The van der Waals surface area contributed by atoms with Gasteiger partial charge in [0.15, 0.2) is 0 Å². The quantitative estimate of drug-likeness (QED) is 0.413. The van der Waals surface area contributed by atoms with E-state index in [1.165, 1.54) is 6.08 Å². The van der Waals surface area contributed by atoms with E-state index in [1.807, 2.05) is 12.1 Å². The fourth-order valence-corrected chi connectivity index (χ4v) is 3.38. The fourth-order valence-electron chi connectivity index (χ4n) is 2.98. The van der Waals surface area contributed by atoms with E-state index in [-0.39, 0.29) is 12.1 Å². The molecule has 0 aliphatic heterocycles. The number of carboxylic acids is 1. The van der Waals surface area contributed by atoms with E-state index in [0.717, 1.165) is 10.0 Å². The van der Waals surface area contributed by atoms with Crippen molar-refractivity contribution in [2.24, 2.45) is 0 Å². The summed E-state index contributed by atoms with van der Waals surface area (Å²) in [4.78, 5) is 37.5. The number of hydrogen-bond acceptors (Lipinski definition) is 3. The zero-order chi connectivity index (χ0) is 22.9. The number of amides is 2. The third-order valence-corrected chi connectivity index (χ3v) is 5.07. The molecule has 0 heterocycles. The van der Waals surface area contributed by atoms with Crippen LogP contribution in [0.15, 0.2) is 95.1 Å². The first-order valence-electron chi connectivity index (χ1n) is 9.83. The Balaban J connectivity index is 1.84. The van der Waals surface area contributed by atoms with Crippen LogP contribution in [0.5, 0.6) is 0 Å². The number of benzene rings is 3. The molecule has 32 heavy (non-hydrogen) atoms. The van der Waals surface area contributed by atoms with Gasteiger partial charge in [-0.1, -0.05) is 82.7 Å². The van der Waals surface area contributed by atoms with Crippen molar-refractivity contribution < 1.29 is 19.5 Å². The van der Waals surface area contributed by atoms with Gasteiger partial charge in [-0.2, -0.15) is 0 Å². The molecule has 7 heteroatoms. The molecule has 0 aliphatic rings. The van der Waals surface area contributed by atoms with E-state index in [1.54, 1.807) is 72.8 Å². The highest BCUT2D eigenvalue weighted by molar-refractivity contribution is 9.10. The molecule has 0 radical (unpaired) electrons. The van der Waals surface area contributed by atoms with Crippen LogP contribution in [-0.4, -0.2) is 28.9 Å². The number of carboxylic acid groups (broad SMARTS) is 1. The monoisotopic (exact) mass is 492 g/mol. The third-order valence-electron chi connectivity index (χ3n) is 4.58. The van der Waals surface area contributed by atoms with E-state index < -0.39 is 23.8 Å². The van der Waals surface area contributed by atoms with Gasteiger partial charge in [0.1, 0.15) is 11.7 Å². The summed E-state index contributed by atoms with van der Waals surface area (Å²) in [6.07, 6.45) is 1.62. The van der Waals surface area contributed by atoms with E-state index >= 15 is 0 Å². The molecule has 0 bridgehead atoms. The van der Waals surface area contributed by atoms with Gasteiger partial charge < -0.3 is 15.7 Å². The Morgan fingerprint density at radius 1 is 0.906 bits per heavy atom. The second-order valence-electron chi connectivity index (χ2n) is 6.99. The topological polar surface area (TPSA) is 95.5 Å². The Labute approximate surface area is 194 Å². The largest absolute Gasteiger partial charge is 0.480 e. The van der Waals surface area contributed by atoms with Gasteiger partial charge in [-0.25, -0.2) is 4.79 Å². The van der Waals surface area contributed by atoms with Crippen molar-refractivity contribution in [1.82, 2.24) is 10.6 Å². The molecule has 0 saturated carbocycles. The molecule has 0 aliphatic carbocycles. The summed E-state index contributed by atoms with van der Waals surface area (Å²) in [5.41, 5.74) is 1.75. The molecule has 3 aromatic carbocycles. The predicted molar refractivity (Wildman–Crippen MR) is 126 cm³/mol. The van der Waals surface area contributed by atoms with Crippen molar-refractivity contribution in [2.45, 2.75) is 12.5 Å². The first-order valence-corrected chi connectivity index (χ1v) is 10.6. The van der Waals surface area contributed by atoms with Crippen molar-refractivity contribution >= 4 is 39.8 Å². The molecule has 3 rings (SSSR count). The van der Waals surface area contributed by atoms with E-state index in [9.17, 15) is 19.5 Å². The fraction of sp³-hybridized carbons (Fsp3) is 0.0800. The van der Waals surface area contributed by atoms with Gasteiger partial charge in [0.2, 0.25) is 0 Å². The molecule has 0 fully saturated rings. The SMILES string of the molecule is O=C(N[C@@H](Cc1ccccc1)C(=O)O)/C(=C/c1ccccc1)NC(=O)c1cccc(Br)c1. The summed E-state index contributed by atoms with van der Waals surface area (Å²) in [6, 6.07) is 23.6. The van der Waals surface area contributed by atoms with Crippen LogP contribution in [0.3, 0.4) is 0 Å². The van der Waals surface area contributed by atoms with Crippen LogP contribution >= 0.6 is 15.9 Å². The van der Waals surface area contributed by atoms with E-state index in [4.69, 9.17) is 0 Å². The number of carbonyl (C=O) groups is 3. The lowest BCUT2D eigenvalue weighted by atomic mass is 10.1. The second-order valence-corrected chi connectivity index (χ2v) is 7.90. The smallest absolute Gasteiger partial charge is 0.326 e. The zero-order valence-corrected chi connectivity index (χ0v) is 18.6. The summed E-state index contributed by atoms with van der Waals surface area (Å²) >= 11 is 3.32. The Morgan fingerprint density at radius 3 is 2.19 bits per heavy atom. The summed E-state index contributed by atoms with van der Waals surface area (Å²) < 4.78 is 0.719. The number of carbonyl (C=O) groups excluding carboxylic acids is 2. The molecule has 0 unspecified atom stereocenters. The molecule has 1 atom stereocenters. The standard InChI is InChI=1S/C25H21BrN2O4/c26-20-13-7-12-19(16-20)23(29)27-21(14-17-8-3-1-4-9-17)24(30)28-22(25(31)32)15-18-10-5-2-6-11-18/h1-14,16,22H,15H2,(H,27,29)(H,28,30)(H,31,32)/b21-14-/t22-/m0/s1. The number of rotatable bonds is 8. The second kappa shape index (κ2) is 11.1. The van der Waals surface area contributed by atoms with Gasteiger partial charge in [0.05, 0.1) is 0 Å². The molecule has 162 valence electrons. The Kier molecular flexibility index (Phi) is 7.94. The van der Waals surface area contributed by atoms with Crippen LogP contribution in [0, 0.1) is 0 Å². The third kappa shape index (κ3) is 6.65. The van der Waals surface area contributed by atoms with Crippen LogP contribution in [-0.2, 0) is 16.0 Å². The number of hydrogen-bond donors (Lipinski definition) is 3. The molecule has 6 nitrogen and oxygen atoms in total. The van der Waals surface area contributed by atoms with Gasteiger partial charge >= 0.3 is 5.97 Å².